The fraction of sp³-hybridized carbons (Fsp3) is 0.364. The molecule has 0 aromatic carbocycles. The molecule has 98 valence electrons. The monoisotopic (exact) mass is 288 g/mol. The third-order valence-electron chi connectivity index (χ3n) is 2.59. The molecule has 1 atom stereocenters. The van der Waals surface area contributed by atoms with Crippen molar-refractivity contribution in [2.45, 2.75) is 25.9 Å². The minimum Gasteiger partial charge on any atom is -0.448 e. The Morgan fingerprint density at radius 1 is 1.39 bits per heavy atom. The average molecular weight is 289 g/mol. The van der Waals surface area contributed by atoms with Crippen LogP contribution >= 0.6 is 23.2 Å². The smallest absolute Gasteiger partial charge is 0.193 e. The second-order valence-electron chi connectivity index (χ2n) is 4.16. The van der Waals surface area contributed by atoms with Crippen LogP contribution in [0, 0.1) is 0 Å². The van der Waals surface area contributed by atoms with Gasteiger partial charge in [0.2, 0.25) is 0 Å². The van der Waals surface area contributed by atoms with E-state index in [4.69, 9.17) is 33.5 Å². The van der Waals surface area contributed by atoms with Gasteiger partial charge in [-0.1, -0.05) is 11.6 Å². The molecule has 5 nitrogen and oxygen atoms in total. The number of rotatable bonds is 4. The first-order valence-corrected chi connectivity index (χ1v) is 6.24. The van der Waals surface area contributed by atoms with E-state index < -0.39 is 6.04 Å². The molecule has 0 bridgehead atoms. The van der Waals surface area contributed by atoms with E-state index in [9.17, 15) is 0 Å². The van der Waals surface area contributed by atoms with Crippen molar-refractivity contribution in [2.75, 3.05) is 0 Å². The molecule has 0 amide bonds. The summed E-state index contributed by atoms with van der Waals surface area (Å²) in [4.78, 5) is 0. The van der Waals surface area contributed by atoms with E-state index >= 15 is 0 Å². The topological polar surface area (TPSA) is 69.0 Å². The minimum absolute atomic E-state index is 0.161. The van der Waals surface area contributed by atoms with Gasteiger partial charge in [-0.05, 0) is 37.6 Å². The van der Waals surface area contributed by atoms with Crippen LogP contribution in [0.2, 0.25) is 10.2 Å². The van der Waals surface area contributed by atoms with E-state index in [-0.39, 0.29) is 6.04 Å². The van der Waals surface area contributed by atoms with Crippen LogP contribution in [0.3, 0.4) is 0 Å². The first-order chi connectivity index (χ1) is 8.54. The Kier molecular flexibility index (Phi) is 3.97. The van der Waals surface area contributed by atoms with Crippen molar-refractivity contribution in [3.8, 4) is 0 Å². The van der Waals surface area contributed by atoms with Crippen LogP contribution < -0.4 is 11.3 Å². The summed E-state index contributed by atoms with van der Waals surface area (Å²) >= 11 is 11.9. The Hall–Kier alpha value is -1.01. The van der Waals surface area contributed by atoms with Gasteiger partial charge in [-0.2, -0.15) is 5.10 Å². The summed E-state index contributed by atoms with van der Waals surface area (Å²) in [7, 11) is 0. The maximum Gasteiger partial charge on any atom is 0.193 e. The predicted octanol–water partition coefficient (Wildman–Crippen LogP) is 2.92. The van der Waals surface area contributed by atoms with Crippen LogP contribution in [-0.4, -0.2) is 9.78 Å². The third kappa shape index (κ3) is 2.40. The molecule has 0 aliphatic rings. The van der Waals surface area contributed by atoms with Crippen molar-refractivity contribution in [1.82, 2.24) is 15.2 Å². The summed E-state index contributed by atoms with van der Waals surface area (Å²) in [6.45, 7) is 4.02. The van der Waals surface area contributed by atoms with Crippen LogP contribution in [0.4, 0.5) is 0 Å². The molecule has 2 aromatic heterocycles. The molecule has 0 aliphatic carbocycles. The lowest BCUT2D eigenvalue weighted by molar-refractivity contribution is 0.417. The highest BCUT2D eigenvalue weighted by Gasteiger charge is 2.24. The number of nitrogens with two attached hydrogens (primary N) is 1. The standard InChI is InChI=1S/C11H14Cl2N4O/c1-6(2)17-11(7(12)5-15-17)10(16-14)8-3-4-9(13)18-8/h3-6,10,16H,14H2,1-2H3. The second-order valence-corrected chi connectivity index (χ2v) is 4.94. The highest BCUT2D eigenvalue weighted by atomic mass is 35.5. The Morgan fingerprint density at radius 2 is 2.11 bits per heavy atom. The minimum atomic E-state index is -0.394. The summed E-state index contributed by atoms with van der Waals surface area (Å²) in [6.07, 6.45) is 1.59. The van der Waals surface area contributed by atoms with Gasteiger partial charge in [-0.15, -0.1) is 0 Å². The van der Waals surface area contributed by atoms with Crippen LogP contribution in [-0.2, 0) is 0 Å². The van der Waals surface area contributed by atoms with Gasteiger partial charge in [0.1, 0.15) is 11.8 Å². The molecule has 0 saturated carbocycles. The molecule has 0 aliphatic heterocycles. The normalized spacial score (nSPS) is 13.2. The Labute approximate surface area is 115 Å². The van der Waals surface area contributed by atoms with Crippen molar-refractivity contribution in [3.63, 3.8) is 0 Å². The Balaban J connectivity index is 2.47. The summed E-state index contributed by atoms with van der Waals surface area (Å²) in [5.41, 5.74) is 3.42. The number of hydrogen-bond acceptors (Lipinski definition) is 4. The molecule has 0 spiro atoms. The molecule has 1 unspecified atom stereocenters. The van der Waals surface area contributed by atoms with Crippen LogP contribution in [0.1, 0.15) is 37.4 Å². The average Bonchev–Trinajstić information content (AvgIpc) is 2.88. The summed E-state index contributed by atoms with van der Waals surface area (Å²) in [6, 6.07) is 3.18. The van der Waals surface area contributed by atoms with E-state index in [1.54, 1.807) is 23.0 Å². The summed E-state index contributed by atoms with van der Waals surface area (Å²) in [5, 5.41) is 5.06. The van der Waals surface area contributed by atoms with Gasteiger partial charge in [0.05, 0.1) is 16.9 Å². The number of hydrazine groups is 1. The van der Waals surface area contributed by atoms with Gasteiger partial charge >= 0.3 is 0 Å². The molecule has 18 heavy (non-hydrogen) atoms. The Morgan fingerprint density at radius 3 is 2.61 bits per heavy atom. The number of halogens is 2. The number of aromatic nitrogens is 2. The number of nitrogens with one attached hydrogen (secondary N) is 1. The van der Waals surface area contributed by atoms with Gasteiger partial charge in [-0.25, -0.2) is 5.43 Å². The molecule has 2 heterocycles. The van der Waals surface area contributed by atoms with Crippen molar-refractivity contribution in [2.24, 2.45) is 5.84 Å². The molecule has 2 rings (SSSR count). The number of hydrogen-bond donors (Lipinski definition) is 2. The molecule has 2 aromatic rings. The zero-order chi connectivity index (χ0) is 13.3. The molecule has 0 radical (unpaired) electrons. The highest BCUT2D eigenvalue weighted by Crippen LogP contribution is 2.31. The van der Waals surface area contributed by atoms with Crippen molar-refractivity contribution in [3.05, 3.63) is 40.0 Å². The fourth-order valence-corrected chi connectivity index (χ4v) is 2.20. The quantitative estimate of drug-likeness (QED) is 0.670. The van der Waals surface area contributed by atoms with E-state index in [1.165, 1.54) is 0 Å². The van der Waals surface area contributed by atoms with Crippen LogP contribution in [0.5, 0.6) is 0 Å². The molecule has 7 heteroatoms. The highest BCUT2D eigenvalue weighted by molar-refractivity contribution is 6.31. The van der Waals surface area contributed by atoms with Gasteiger partial charge < -0.3 is 4.42 Å². The third-order valence-corrected chi connectivity index (χ3v) is 3.09. The molecule has 3 N–H and O–H groups in total. The largest absolute Gasteiger partial charge is 0.448 e. The van der Waals surface area contributed by atoms with Crippen molar-refractivity contribution in [1.29, 1.82) is 0 Å². The molecule has 0 saturated heterocycles. The van der Waals surface area contributed by atoms with Crippen molar-refractivity contribution < 1.29 is 4.42 Å². The molecular formula is C11H14Cl2N4O. The SMILES string of the molecule is CC(C)n1ncc(Cl)c1C(NN)c1ccc(Cl)o1. The number of nitrogens with zero attached hydrogens (tertiary/aromatic N) is 2. The Bertz CT molecular complexity index is 535. The van der Waals surface area contributed by atoms with Crippen LogP contribution in [0.25, 0.3) is 0 Å². The lowest BCUT2D eigenvalue weighted by Crippen LogP contribution is -2.31. The van der Waals surface area contributed by atoms with Gasteiger partial charge in [0.15, 0.2) is 5.22 Å². The van der Waals surface area contributed by atoms with E-state index in [2.05, 4.69) is 10.5 Å². The zero-order valence-electron chi connectivity index (χ0n) is 10.0. The lowest BCUT2D eigenvalue weighted by Gasteiger charge is -2.18. The van der Waals surface area contributed by atoms with Gasteiger partial charge in [0, 0.05) is 6.04 Å². The summed E-state index contributed by atoms with van der Waals surface area (Å²) < 4.78 is 7.17. The zero-order valence-corrected chi connectivity index (χ0v) is 11.5. The van der Waals surface area contributed by atoms with Crippen molar-refractivity contribution >= 4 is 23.2 Å². The maximum absolute atomic E-state index is 6.17. The first kappa shape index (κ1) is 13.4. The second kappa shape index (κ2) is 5.32. The number of furan rings is 1. The summed E-state index contributed by atoms with van der Waals surface area (Å²) in [5.74, 6) is 6.18. The lowest BCUT2D eigenvalue weighted by atomic mass is 10.1. The maximum atomic E-state index is 6.17. The van der Waals surface area contributed by atoms with Gasteiger partial charge in [-0.3, -0.25) is 10.5 Å². The van der Waals surface area contributed by atoms with E-state index in [1.807, 2.05) is 13.8 Å². The van der Waals surface area contributed by atoms with E-state index in [0.29, 0.717) is 16.0 Å². The van der Waals surface area contributed by atoms with E-state index in [0.717, 1.165) is 5.69 Å². The van der Waals surface area contributed by atoms with Crippen LogP contribution in [0.15, 0.2) is 22.7 Å². The first-order valence-electron chi connectivity index (χ1n) is 5.48. The van der Waals surface area contributed by atoms with Gasteiger partial charge in [0.25, 0.3) is 0 Å². The fourth-order valence-electron chi connectivity index (χ4n) is 1.81. The molecule has 0 fully saturated rings. The molecular weight excluding hydrogens is 275 g/mol. The predicted molar refractivity (Wildman–Crippen MR) is 70.5 cm³/mol.